The molecule has 3 aliphatic rings. The van der Waals surface area contributed by atoms with Gasteiger partial charge in [-0.05, 0) is 37.1 Å². The zero-order valence-corrected chi connectivity index (χ0v) is 15.9. The molecule has 2 N–H and O–H groups in total. The lowest BCUT2D eigenvalue weighted by atomic mass is 10.1. The quantitative estimate of drug-likeness (QED) is 0.821. The first-order chi connectivity index (χ1) is 14.2. The first-order valence-electron chi connectivity index (χ1n) is 9.85. The lowest BCUT2D eigenvalue weighted by Gasteiger charge is -2.35. The van der Waals surface area contributed by atoms with E-state index in [4.69, 9.17) is 4.74 Å². The average Bonchev–Trinajstić information content (AvgIpc) is 3.39. The third-order valence-electron chi connectivity index (χ3n) is 5.57. The van der Waals surface area contributed by atoms with Gasteiger partial charge in [0.2, 0.25) is 0 Å². The van der Waals surface area contributed by atoms with Crippen molar-refractivity contribution >= 4 is 29.3 Å². The Morgan fingerprint density at radius 1 is 1.17 bits per heavy atom. The van der Waals surface area contributed by atoms with E-state index in [1.165, 1.54) is 0 Å². The molecule has 0 aromatic carbocycles. The molecular formula is C20H22N6O3. The second kappa shape index (κ2) is 7.32. The summed E-state index contributed by atoms with van der Waals surface area (Å²) in [5, 5.41) is 5.80. The monoisotopic (exact) mass is 394 g/mol. The Hall–Kier alpha value is -3.20. The Morgan fingerprint density at radius 3 is 2.90 bits per heavy atom. The summed E-state index contributed by atoms with van der Waals surface area (Å²) >= 11 is 0. The number of carbonyl (C=O) groups is 2. The summed E-state index contributed by atoms with van der Waals surface area (Å²) < 4.78 is 5.32. The summed E-state index contributed by atoms with van der Waals surface area (Å²) in [6, 6.07) is 8.68. The van der Waals surface area contributed by atoms with Crippen LogP contribution in [0.15, 0.2) is 36.5 Å². The maximum Gasteiger partial charge on any atom is 0.329 e. The van der Waals surface area contributed by atoms with Gasteiger partial charge in [-0.15, -0.1) is 0 Å². The van der Waals surface area contributed by atoms with E-state index < -0.39 is 0 Å². The molecule has 2 saturated heterocycles. The number of ether oxygens (including phenoxy) is 1. The van der Waals surface area contributed by atoms with Crippen LogP contribution in [0.3, 0.4) is 0 Å². The minimum absolute atomic E-state index is 0.00354. The van der Waals surface area contributed by atoms with Gasteiger partial charge in [0.15, 0.2) is 5.82 Å². The van der Waals surface area contributed by atoms with Gasteiger partial charge >= 0.3 is 6.03 Å². The number of hydrogen-bond acceptors (Lipinski definition) is 6. The summed E-state index contributed by atoms with van der Waals surface area (Å²) in [5.41, 5.74) is 1.17. The third-order valence-corrected chi connectivity index (χ3v) is 5.57. The van der Waals surface area contributed by atoms with Gasteiger partial charge in [-0.1, -0.05) is 6.07 Å². The van der Waals surface area contributed by atoms with Crippen molar-refractivity contribution in [2.75, 3.05) is 41.4 Å². The molecule has 2 bridgehead atoms. The fraction of sp³-hybridized carbons (Fsp3) is 0.400. The van der Waals surface area contributed by atoms with Crippen molar-refractivity contribution < 1.29 is 14.3 Å². The molecule has 0 radical (unpaired) electrons. The van der Waals surface area contributed by atoms with E-state index in [2.05, 4.69) is 25.5 Å². The average molecular weight is 394 g/mol. The molecule has 3 amide bonds. The van der Waals surface area contributed by atoms with E-state index in [0.29, 0.717) is 30.5 Å². The number of aromatic nitrogens is 2. The highest BCUT2D eigenvalue weighted by molar-refractivity contribution is 6.05. The molecule has 2 aromatic rings. The van der Waals surface area contributed by atoms with Crippen LogP contribution < -0.4 is 20.4 Å². The number of pyridine rings is 2. The molecule has 0 saturated carbocycles. The number of nitrogens with zero attached hydrogens (tertiary/aromatic N) is 4. The first-order valence-corrected chi connectivity index (χ1v) is 9.85. The topological polar surface area (TPSA) is 99.7 Å². The lowest BCUT2D eigenvalue weighted by molar-refractivity contribution is 0.0925. The highest BCUT2D eigenvalue weighted by Crippen LogP contribution is 2.39. The normalized spacial score (nSPS) is 22.3. The summed E-state index contributed by atoms with van der Waals surface area (Å²) in [6.07, 6.45) is 3.28. The molecule has 5 rings (SSSR count). The van der Waals surface area contributed by atoms with Crippen LogP contribution in [0.4, 0.5) is 22.1 Å². The van der Waals surface area contributed by atoms with Gasteiger partial charge < -0.3 is 15.0 Å². The lowest BCUT2D eigenvalue weighted by Crippen LogP contribution is -2.48. The summed E-state index contributed by atoms with van der Waals surface area (Å²) in [6.45, 7) is 2.79. The smallest absolute Gasteiger partial charge is 0.329 e. The van der Waals surface area contributed by atoms with Crippen molar-refractivity contribution in [1.82, 2.24) is 15.3 Å². The number of fused-ring (bicyclic) bond motifs is 4. The molecular weight excluding hydrogens is 372 g/mol. The van der Waals surface area contributed by atoms with Crippen LogP contribution in [0, 0.1) is 0 Å². The van der Waals surface area contributed by atoms with Crippen molar-refractivity contribution in [1.29, 1.82) is 0 Å². The van der Waals surface area contributed by atoms with Gasteiger partial charge in [0.25, 0.3) is 5.91 Å². The van der Waals surface area contributed by atoms with E-state index in [1.807, 2.05) is 12.1 Å². The Kier molecular flexibility index (Phi) is 4.51. The predicted octanol–water partition coefficient (Wildman–Crippen LogP) is 1.63. The molecule has 2 aromatic heterocycles. The number of amides is 3. The molecule has 2 atom stereocenters. The van der Waals surface area contributed by atoms with Crippen molar-refractivity contribution in [2.24, 2.45) is 0 Å². The number of nitrogens with one attached hydrogen (secondary N) is 2. The van der Waals surface area contributed by atoms with Crippen LogP contribution in [0.25, 0.3) is 0 Å². The number of rotatable bonds is 3. The Bertz CT molecular complexity index is 931. The van der Waals surface area contributed by atoms with E-state index in [0.717, 1.165) is 31.6 Å². The Labute approximate surface area is 168 Å². The minimum atomic E-state index is -0.286. The van der Waals surface area contributed by atoms with Crippen molar-refractivity contribution in [3.05, 3.63) is 42.2 Å². The maximum absolute atomic E-state index is 13.1. The van der Waals surface area contributed by atoms with E-state index in [-0.39, 0.29) is 24.0 Å². The van der Waals surface area contributed by atoms with Gasteiger partial charge in [-0.3, -0.25) is 15.0 Å². The molecule has 1 unspecified atom stereocenters. The van der Waals surface area contributed by atoms with Gasteiger partial charge in [0, 0.05) is 25.9 Å². The van der Waals surface area contributed by atoms with Crippen LogP contribution in [0.1, 0.15) is 23.3 Å². The maximum atomic E-state index is 13.1. The molecule has 5 heterocycles. The van der Waals surface area contributed by atoms with Gasteiger partial charge in [0.1, 0.15) is 11.5 Å². The van der Waals surface area contributed by atoms with E-state index >= 15 is 0 Å². The summed E-state index contributed by atoms with van der Waals surface area (Å²) in [4.78, 5) is 38.4. The van der Waals surface area contributed by atoms with E-state index in [1.54, 1.807) is 29.3 Å². The number of hydrogen-bond donors (Lipinski definition) is 2. The first kappa shape index (κ1) is 17.9. The number of carbonyl (C=O) groups excluding carboxylic acids is 2. The fourth-order valence-electron chi connectivity index (χ4n) is 4.11. The largest absolute Gasteiger partial charge is 0.379 e. The molecule has 9 heteroatoms. The van der Waals surface area contributed by atoms with Crippen LogP contribution in [-0.4, -0.2) is 60.3 Å². The summed E-state index contributed by atoms with van der Waals surface area (Å²) in [7, 11) is 0. The van der Waals surface area contributed by atoms with Crippen LogP contribution in [-0.2, 0) is 4.74 Å². The fourth-order valence-corrected chi connectivity index (χ4v) is 4.11. The molecule has 150 valence electrons. The predicted molar refractivity (Wildman–Crippen MR) is 107 cm³/mol. The Morgan fingerprint density at radius 2 is 2.10 bits per heavy atom. The standard InChI is InChI=1S/C20H22N6O3/c27-19(22-13-7-10-29-12-13)15-4-5-16-18(23-15)26(14-6-9-25(16)11-14)20(28)24-17-3-1-2-8-21-17/h1-5,8,13-14H,6-7,9-12H2,(H,22,27)(H,21,24,28)/t13?,14-/m0/s1. The van der Waals surface area contributed by atoms with E-state index in [9.17, 15) is 9.59 Å². The van der Waals surface area contributed by atoms with Crippen LogP contribution in [0.2, 0.25) is 0 Å². The van der Waals surface area contributed by atoms with Crippen molar-refractivity contribution in [2.45, 2.75) is 24.9 Å². The van der Waals surface area contributed by atoms with Crippen molar-refractivity contribution in [3.8, 4) is 0 Å². The molecule has 0 spiro atoms. The highest BCUT2D eigenvalue weighted by atomic mass is 16.5. The van der Waals surface area contributed by atoms with Gasteiger partial charge in [0.05, 0.1) is 24.4 Å². The Balaban J connectivity index is 1.43. The minimum Gasteiger partial charge on any atom is -0.379 e. The molecule has 0 aliphatic carbocycles. The van der Waals surface area contributed by atoms with Crippen molar-refractivity contribution in [3.63, 3.8) is 0 Å². The molecule has 2 fully saturated rings. The molecule has 29 heavy (non-hydrogen) atoms. The van der Waals surface area contributed by atoms with Crippen LogP contribution >= 0.6 is 0 Å². The molecule has 9 nitrogen and oxygen atoms in total. The van der Waals surface area contributed by atoms with Crippen LogP contribution in [0.5, 0.6) is 0 Å². The second-order valence-electron chi connectivity index (χ2n) is 7.48. The number of anilines is 3. The zero-order chi connectivity index (χ0) is 19.8. The third kappa shape index (κ3) is 3.38. The van der Waals surface area contributed by atoms with Gasteiger partial charge in [-0.2, -0.15) is 0 Å². The zero-order valence-electron chi connectivity index (χ0n) is 15.9. The second-order valence-corrected chi connectivity index (χ2v) is 7.48. The highest BCUT2D eigenvalue weighted by Gasteiger charge is 2.40. The number of urea groups is 1. The molecule has 3 aliphatic heterocycles. The van der Waals surface area contributed by atoms with Gasteiger partial charge in [-0.25, -0.2) is 14.8 Å². The summed E-state index contributed by atoms with van der Waals surface area (Å²) in [5.74, 6) is 0.749. The SMILES string of the molecule is O=C(NC1CCOC1)c1ccc2c(n1)N(C(=O)Nc1ccccn1)[C@H]1CCN2C1.